The highest BCUT2D eigenvalue weighted by molar-refractivity contribution is 7.79. The van der Waals surface area contributed by atoms with Crippen molar-refractivity contribution >= 4 is 10.4 Å². The molecular formula is C16H22O4S. The fourth-order valence-corrected chi connectivity index (χ4v) is 1.27. The number of hydrogen-bond acceptors (Lipinski definition) is 2. The second-order valence-electron chi connectivity index (χ2n) is 4.76. The molecule has 0 saturated heterocycles. The number of hydrogen-bond donors (Lipinski definition) is 2. The lowest BCUT2D eigenvalue weighted by atomic mass is 10.2. The topological polar surface area (TPSA) is 74.6 Å². The van der Waals surface area contributed by atoms with Gasteiger partial charge in [-0.05, 0) is 27.7 Å². The highest BCUT2D eigenvalue weighted by Crippen LogP contribution is 2.00. The van der Waals surface area contributed by atoms with Gasteiger partial charge in [0.05, 0.1) is 0 Å². The summed E-state index contributed by atoms with van der Waals surface area (Å²) in [6.07, 6.45) is 0. The van der Waals surface area contributed by atoms with Crippen LogP contribution in [0, 0.1) is 27.7 Å². The van der Waals surface area contributed by atoms with Crippen LogP contribution in [0.25, 0.3) is 0 Å². The zero-order chi connectivity index (χ0) is 16.5. The van der Waals surface area contributed by atoms with Gasteiger partial charge in [-0.2, -0.15) is 8.42 Å². The van der Waals surface area contributed by atoms with Gasteiger partial charge in [-0.25, -0.2) is 0 Å². The van der Waals surface area contributed by atoms with E-state index in [1.54, 1.807) is 0 Å². The van der Waals surface area contributed by atoms with Crippen LogP contribution >= 0.6 is 0 Å². The van der Waals surface area contributed by atoms with E-state index in [2.05, 4.69) is 76.2 Å². The van der Waals surface area contributed by atoms with Crippen molar-refractivity contribution in [2.24, 2.45) is 0 Å². The minimum Gasteiger partial charge on any atom is -0.264 e. The first-order valence-electron chi connectivity index (χ1n) is 6.34. The third-order valence-corrected chi connectivity index (χ3v) is 2.44. The molecule has 0 aromatic heterocycles. The van der Waals surface area contributed by atoms with Crippen molar-refractivity contribution in [2.75, 3.05) is 0 Å². The predicted molar refractivity (Wildman–Crippen MR) is 86.0 cm³/mol. The van der Waals surface area contributed by atoms with E-state index in [0.717, 1.165) is 0 Å². The van der Waals surface area contributed by atoms with Crippen LogP contribution in [-0.4, -0.2) is 17.5 Å². The fourth-order valence-electron chi connectivity index (χ4n) is 1.27. The molecule has 0 aliphatic rings. The average Bonchev–Trinajstić information content (AvgIpc) is 2.35. The molecule has 2 aromatic carbocycles. The molecule has 116 valence electrons. The largest absolute Gasteiger partial charge is 0.394 e. The maximum Gasteiger partial charge on any atom is 0.394 e. The molecule has 0 heterocycles. The van der Waals surface area contributed by atoms with Gasteiger partial charge in [-0.15, -0.1) is 0 Å². The highest BCUT2D eigenvalue weighted by atomic mass is 32.3. The number of aryl methyl sites for hydroxylation is 4. The highest BCUT2D eigenvalue weighted by Gasteiger charge is 1.84. The van der Waals surface area contributed by atoms with Gasteiger partial charge in [0.2, 0.25) is 0 Å². The fraction of sp³-hybridized carbons (Fsp3) is 0.250. The molecule has 0 spiro atoms. The Labute approximate surface area is 127 Å². The summed E-state index contributed by atoms with van der Waals surface area (Å²) in [6.45, 7) is 8.39. The van der Waals surface area contributed by atoms with Crippen LogP contribution in [0.15, 0.2) is 48.5 Å². The Kier molecular flexibility index (Phi) is 8.54. The van der Waals surface area contributed by atoms with Crippen molar-refractivity contribution in [3.8, 4) is 0 Å². The Morgan fingerprint density at radius 1 is 0.571 bits per heavy atom. The Balaban J connectivity index is 0.000000296. The lowest BCUT2D eigenvalue weighted by Gasteiger charge is -1.90. The molecule has 0 aliphatic carbocycles. The Bertz CT molecular complexity index is 521. The third-order valence-electron chi connectivity index (χ3n) is 2.44. The molecule has 0 radical (unpaired) electrons. The standard InChI is InChI=1S/2C8H10.H2O4S/c2*1-7-3-5-8(2)6-4-7;1-5(2,3)4/h2*3-6H,1-2H3;(H2,1,2,3,4). The summed E-state index contributed by atoms with van der Waals surface area (Å²) in [4.78, 5) is 0. The summed E-state index contributed by atoms with van der Waals surface area (Å²) in [5.74, 6) is 0. The van der Waals surface area contributed by atoms with E-state index < -0.39 is 10.4 Å². The summed E-state index contributed by atoms with van der Waals surface area (Å²) >= 11 is 0. The molecular weight excluding hydrogens is 288 g/mol. The summed E-state index contributed by atoms with van der Waals surface area (Å²) in [6, 6.07) is 17.0. The van der Waals surface area contributed by atoms with Crippen LogP contribution in [0.3, 0.4) is 0 Å². The zero-order valence-corrected chi connectivity index (χ0v) is 13.6. The second kappa shape index (κ2) is 9.28. The Hall–Kier alpha value is -1.69. The molecule has 4 nitrogen and oxygen atoms in total. The molecule has 0 amide bonds. The maximum absolute atomic E-state index is 8.74. The van der Waals surface area contributed by atoms with E-state index in [1.807, 2.05) is 0 Å². The van der Waals surface area contributed by atoms with Gasteiger partial charge in [0, 0.05) is 0 Å². The Morgan fingerprint density at radius 2 is 0.667 bits per heavy atom. The SMILES string of the molecule is Cc1ccc(C)cc1.Cc1ccc(C)cc1.O=S(=O)(O)O. The van der Waals surface area contributed by atoms with Crippen molar-refractivity contribution in [1.82, 2.24) is 0 Å². The van der Waals surface area contributed by atoms with Gasteiger partial charge >= 0.3 is 10.4 Å². The van der Waals surface area contributed by atoms with Crippen molar-refractivity contribution < 1.29 is 17.5 Å². The van der Waals surface area contributed by atoms with Gasteiger partial charge in [0.15, 0.2) is 0 Å². The maximum atomic E-state index is 8.74. The van der Waals surface area contributed by atoms with E-state index in [9.17, 15) is 0 Å². The van der Waals surface area contributed by atoms with Gasteiger partial charge in [0.1, 0.15) is 0 Å². The van der Waals surface area contributed by atoms with Crippen molar-refractivity contribution in [1.29, 1.82) is 0 Å². The summed E-state index contributed by atoms with van der Waals surface area (Å²) in [5.41, 5.74) is 5.32. The van der Waals surface area contributed by atoms with E-state index >= 15 is 0 Å². The first-order valence-corrected chi connectivity index (χ1v) is 7.74. The van der Waals surface area contributed by atoms with E-state index in [-0.39, 0.29) is 0 Å². The summed E-state index contributed by atoms with van der Waals surface area (Å²) < 4.78 is 31.6. The summed E-state index contributed by atoms with van der Waals surface area (Å²) in [5, 5.41) is 0. The molecule has 2 N–H and O–H groups in total. The first-order chi connectivity index (χ1) is 9.58. The lowest BCUT2D eigenvalue weighted by molar-refractivity contribution is 0.381. The molecule has 5 heteroatoms. The molecule has 0 bridgehead atoms. The molecule has 0 unspecified atom stereocenters. The number of benzene rings is 2. The van der Waals surface area contributed by atoms with Gasteiger partial charge < -0.3 is 0 Å². The second-order valence-corrected chi connectivity index (χ2v) is 5.65. The number of rotatable bonds is 0. The third kappa shape index (κ3) is 14.5. The predicted octanol–water partition coefficient (Wildman–Crippen LogP) is 3.95. The van der Waals surface area contributed by atoms with Crippen LogP contribution in [0.1, 0.15) is 22.3 Å². The van der Waals surface area contributed by atoms with E-state index in [0.29, 0.717) is 0 Å². The van der Waals surface area contributed by atoms with Crippen molar-refractivity contribution in [3.63, 3.8) is 0 Å². The molecule has 2 aromatic rings. The molecule has 0 fully saturated rings. The summed E-state index contributed by atoms with van der Waals surface area (Å²) in [7, 11) is -4.67. The van der Waals surface area contributed by atoms with Crippen LogP contribution in [-0.2, 0) is 10.4 Å². The van der Waals surface area contributed by atoms with Crippen molar-refractivity contribution in [2.45, 2.75) is 27.7 Å². The van der Waals surface area contributed by atoms with Gasteiger partial charge in [0.25, 0.3) is 0 Å². The van der Waals surface area contributed by atoms with Crippen LogP contribution in [0.5, 0.6) is 0 Å². The van der Waals surface area contributed by atoms with Crippen LogP contribution in [0.2, 0.25) is 0 Å². The van der Waals surface area contributed by atoms with Gasteiger partial charge in [-0.3, -0.25) is 9.11 Å². The average molecular weight is 310 g/mol. The van der Waals surface area contributed by atoms with E-state index in [1.165, 1.54) is 22.3 Å². The normalized spacial score (nSPS) is 9.81. The van der Waals surface area contributed by atoms with Crippen molar-refractivity contribution in [3.05, 3.63) is 70.8 Å². The monoisotopic (exact) mass is 310 g/mol. The molecule has 0 aliphatic heterocycles. The Morgan fingerprint density at radius 3 is 0.762 bits per heavy atom. The van der Waals surface area contributed by atoms with Gasteiger partial charge in [-0.1, -0.05) is 70.8 Å². The molecule has 21 heavy (non-hydrogen) atoms. The zero-order valence-electron chi connectivity index (χ0n) is 12.7. The molecule has 0 atom stereocenters. The first kappa shape index (κ1) is 19.3. The van der Waals surface area contributed by atoms with Crippen LogP contribution < -0.4 is 0 Å². The van der Waals surface area contributed by atoms with E-state index in [4.69, 9.17) is 17.5 Å². The smallest absolute Gasteiger partial charge is 0.264 e. The lowest BCUT2D eigenvalue weighted by Crippen LogP contribution is -1.89. The minimum atomic E-state index is -4.67. The minimum absolute atomic E-state index is 1.33. The quantitative estimate of drug-likeness (QED) is 0.722. The molecule has 2 rings (SSSR count). The van der Waals surface area contributed by atoms with Crippen LogP contribution in [0.4, 0.5) is 0 Å². The molecule has 0 saturated carbocycles.